The number of hydrogen-bond acceptors (Lipinski definition) is 2. The molecule has 2 nitrogen and oxygen atoms in total. The second-order valence-corrected chi connectivity index (χ2v) is 5.23. The molecular formula is C18H22FNO. The molecule has 0 amide bonds. The van der Waals surface area contributed by atoms with Crippen LogP contribution in [0.25, 0.3) is 0 Å². The minimum atomic E-state index is -0.214. The molecule has 3 heteroatoms. The molecule has 2 N–H and O–H groups in total. The van der Waals surface area contributed by atoms with Crippen LogP contribution in [0.2, 0.25) is 0 Å². The van der Waals surface area contributed by atoms with Gasteiger partial charge in [-0.3, -0.25) is 0 Å². The summed E-state index contributed by atoms with van der Waals surface area (Å²) in [5, 5.41) is 0. The number of benzene rings is 2. The molecule has 0 saturated heterocycles. The molecule has 0 aliphatic heterocycles. The second kappa shape index (κ2) is 7.34. The molecule has 2 rings (SSSR count). The van der Waals surface area contributed by atoms with Crippen molar-refractivity contribution >= 4 is 0 Å². The van der Waals surface area contributed by atoms with E-state index < -0.39 is 0 Å². The van der Waals surface area contributed by atoms with Crippen molar-refractivity contribution in [1.82, 2.24) is 0 Å². The number of rotatable bonds is 6. The molecule has 2 unspecified atom stereocenters. The number of ether oxygens (including phenoxy) is 1. The molecule has 0 saturated carbocycles. The molecular weight excluding hydrogens is 265 g/mol. The molecule has 0 aliphatic rings. The first-order valence-corrected chi connectivity index (χ1v) is 7.29. The Morgan fingerprint density at radius 1 is 1.14 bits per heavy atom. The van der Waals surface area contributed by atoms with Crippen molar-refractivity contribution in [3.05, 3.63) is 71.0 Å². The molecule has 2 aromatic rings. The molecule has 2 aromatic carbocycles. The van der Waals surface area contributed by atoms with E-state index in [-0.39, 0.29) is 18.0 Å². The van der Waals surface area contributed by atoms with Crippen LogP contribution >= 0.6 is 0 Å². The molecule has 0 heterocycles. The number of hydrogen-bond donors (Lipinski definition) is 1. The maximum Gasteiger partial charge on any atom is 0.123 e. The van der Waals surface area contributed by atoms with Crippen LogP contribution in [-0.4, -0.2) is 12.6 Å². The lowest BCUT2D eigenvalue weighted by Crippen LogP contribution is -2.32. The Hall–Kier alpha value is -1.71. The highest BCUT2D eigenvalue weighted by Crippen LogP contribution is 2.23. The Kier molecular flexibility index (Phi) is 5.48. The molecule has 0 fully saturated rings. The molecule has 2 atom stereocenters. The highest BCUT2D eigenvalue weighted by Gasteiger charge is 2.21. The van der Waals surface area contributed by atoms with Gasteiger partial charge in [0.25, 0.3) is 0 Å². The van der Waals surface area contributed by atoms with Crippen LogP contribution in [0.4, 0.5) is 4.39 Å². The van der Waals surface area contributed by atoms with E-state index in [1.807, 2.05) is 44.2 Å². The quantitative estimate of drug-likeness (QED) is 0.877. The van der Waals surface area contributed by atoms with E-state index in [4.69, 9.17) is 10.5 Å². The second-order valence-electron chi connectivity index (χ2n) is 5.23. The topological polar surface area (TPSA) is 35.2 Å². The van der Waals surface area contributed by atoms with Gasteiger partial charge in [-0.25, -0.2) is 4.39 Å². The third-order valence-electron chi connectivity index (χ3n) is 3.62. The van der Waals surface area contributed by atoms with Gasteiger partial charge >= 0.3 is 0 Å². The van der Waals surface area contributed by atoms with Crippen LogP contribution in [0, 0.1) is 12.7 Å². The molecule has 0 aliphatic carbocycles. The van der Waals surface area contributed by atoms with Crippen LogP contribution in [0.15, 0.2) is 48.5 Å². The summed E-state index contributed by atoms with van der Waals surface area (Å²) in [6.07, 6.45) is 0.506. The minimum Gasteiger partial charge on any atom is -0.372 e. The standard InChI is InChI=1S/C18H22FNO/c1-3-21-18(14-7-5-4-6-8-14)17(20)12-15-9-10-16(19)11-13(15)2/h4-11,17-18H,3,12,20H2,1-2H3. The van der Waals surface area contributed by atoms with Gasteiger partial charge in [-0.1, -0.05) is 36.4 Å². The maximum absolute atomic E-state index is 13.2. The predicted molar refractivity (Wildman–Crippen MR) is 83.6 cm³/mol. The van der Waals surface area contributed by atoms with Gasteiger partial charge in [-0.2, -0.15) is 0 Å². The van der Waals surface area contributed by atoms with E-state index in [2.05, 4.69) is 0 Å². The summed E-state index contributed by atoms with van der Waals surface area (Å²) in [7, 11) is 0. The van der Waals surface area contributed by atoms with Crippen molar-refractivity contribution in [2.75, 3.05) is 6.61 Å². The number of halogens is 1. The highest BCUT2D eigenvalue weighted by molar-refractivity contribution is 5.28. The zero-order valence-corrected chi connectivity index (χ0v) is 12.6. The SMILES string of the molecule is CCOC(c1ccccc1)C(N)Cc1ccc(F)cc1C. The van der Waals surface area contributed by atoms with Gasteiger partial charge in [0.05, 0.1) is 6.10 Å². The summed E-state index contributed by atoms with van der Waals surface area (Å²) >= 11 is 0. The molecule has 0 spiro atoms. The summed E-state index contributed by atoms with van der Waals surface area (Å²) in [6.45, 7) is 4.48. The average Bonchev–Trinajstić information content (AvgIpc) is 2.48. The largest absolute Gasteiger partial charge is 0.372 e. The number of aryl methyl sites for hydroxylation is 1. The van der Waals surface area contributed by atoms with Crippen molar-refractivity contribution in [2.45, 2.75) is 32.4 Å². The van der Waals surface area contributed by atoms with E-state index in [1.165, 1.54) is 6.07 Å². The third-order valence-corrected chi connectivity index (χ3v) is 3.62. The molecule has 0 aromatic heterocycles. The van der Waals surface area contributed by atoms with Gasteiger partial charge in [0, 0.05) is 12.6 Å². The summed E-state index contributed by atoms with van der Waals surface area (Å²) < 4.78 is 19.0. The zero-order chi connectivity index (χ0) is 15.2. The van der Waals surface area contributed by atoms with Crippen molar-refractivity contribution in [2.24, 2.45) is 5.73 Å². The molecule has 0 radical (unpaired) electrons. The van der Waals surface area contributed by atoms with Gasteiger partial charge in [0.15, 0.2) is 0 Å². The van der Waals surface area contributed by atoms with Gasteiger partial charge < -0.3 is 10.5 Å². The van der Waals surface area contributed by atoms with Crippen LogP contribution in [0.5, 0.6) is 0 Å². The summed E-state index contributed by atoms with van der Waals surface area (Å²) in [4.78, 5) is 0. The maximum atomic E-state index is 13.2. The summed E-state index contributed by atoms with van der Waals surface area (Å²) in [5.41, 5.74) is 9.42. The first kappa shape index (κ1) is 15.7. The fourth-order valence-electron chi connectivity index (χ4n) is 2.54. The summed E-state index contributed by atoms with van der Waals surface area (Å²) in [5.74, 6) is -0.214. The lowest BCUT2D eigenvalue weighted by molar-refractivity contribution is 0.0433. The van der Waals surface area contributed by atoms with Gasteiger partial charge in [0.2, 0.25) is 0 Å². The third kappa shape index (κ3) is 4.13. The number of nitrogens with two attached hydrogens (primary N) is 1. The van der Waals surface area contributed by atoms with Crippen LogP contribution in [0.1, 0.15) is 29.7 Å². The Morgan fingerprint density at radius 2 is 1.86 bits per heavy atom. The van der Waals surface area contributed by atoms with Crippen molar-refractivity contribution in [3.63, 3.8) is 0 Å². The molecule has 0 bridgehead atoms. The zero-order valence-electron chi connectivity index (χ0n) is 12.6. The van der Waals surface area contributed by atoms with Gasteiger partial charge in [-0.15, -0.1) is 0 Å². The lowest BCUT2D eigenvalue weighted by Gasteiger charge is -2.25. The van der Waals surface area contributed by atoms with E-state index in [0.29, 0.717) is 13.0 Å². The first-order valence-electron chi connectivity index (χ1n) is 7.29. The first-order chi connectivity index (χ1) is 10.1. The Balaban J connectivity index is 2.17. The minimum absolute atomic E-state index is 0.152. The molecule has 112 valence electrons. The van der Waals surface area contributed by atoms with E-state index >= 15 is 0 Å². The van der Waals surface area contributed by atoms with Crippen molar-refractivity contribution in [3.8, 4) is 0 Å². The molecule has 21 heavy (non-hydrogen) atoms. The van der Waals surface area contributed by atoms with E-state index in [0.717, 1.165) is 16.7 Å². The van der Waals surface area contributed by atoms with E-state index in [1.54, 1.807) is 12.1 Å². The Labute approximate surface area is 125 Å². The van der Waals surface area contributed by atoms with Crippen LogP contribution in [0.3, 0.4) is 0 Å². The van der Waals surface area contributed by atoms with E-state index in [9.17, 15) is 4.39 Å². The lowest BCUT2D eigenvalue weighted by atomic mass is 9.94. The Morgan fingerprint density at radius 3 is 2.48 bits per heavy atom. The van der Waals surface area contributed by atoms with Crippen LogP contribution in [-0.2, 0) is 11.2 Å². The Bertz CT molecular complexity index is 571. The van der Waals surface area contributed by atoms with Gasteiger partial charge in [0.1, 0.15) is 5.82 Å². The normalized spacial score (nSPS) is 13.9. The van der Waals surface area contributed by atoms with Crippen LogP contribution < -0.4 is 5.73 Å². The smallest absolute Gasteiger partial charge is 0.123 e. The van der Waals surface area contributed by atoms with Gasteiger partial charge in [-0.05, 0) is 49.1 Å². The fraction of sp³-hybridized carbons (Fsp3) is 0.333. The van der Waals surface area contributed by atoms with Crippen molar-refractivity contribution in [1.29, 1.82) is 0 Å². The van der Waals surface area contributed by atoms with Crippen molar-refractivity contribution < 1.29 is 9.13 Å². The summed E-state index contributed by atoms with van der Waals surface area (Å²) in [6, 6.07) is 14.6. The predicted octanol–water partition coefficient (Wildman–Crippen LogP) is 3.78. The monoisotopic (exact) mass is 287 g/mol. The fourth-order valence-corrected chi connectivity index (χ4v) is 2.54. The average molecular weight is 287 g/mol. The highest BCUT2D eigenvalue weighted by atomic mass is 19.1.